The van der Waals surface area contributed by atoms with E-state index in [1.54, 1.807) is 0 Å². The maximum Gasteiger partial charge on any atom is 0.238 e. The van der Waals surface area contributed by atoms with Crippen molar-refractivity contribution >= 4 is 65.4 Å². The van der Waals surface area contributed by atoms with Crippen molar-refractivity contribution in [1.29, 1.82) is 0 Å². The zero-order valence-corrected chi connectivity index (χ0v) is 43.3. The first-order valence-corrected chi connectivity index (χ1v) is 27.0. The maximum atomic E-state index is 5.40. The molecule has 0 amide bonds. The minimum absolute atomic E-state index is 0.0232. The molecule has 15 aromatic rings. The Morgan fingerprint density at radius 3 is 0.938 bits per heavy atom. The van der Waals surface area contributed by atoms with Gasteiger partial charge >= 0.3 is 0 Å². The molecule has 0 bridgehead atoms. The molecule has 6 aromatic heterocycles. The van der Waals surface area contributed by atoms with E-state index in [2.05, 4.69) is 123 Å². The van der Waals surface area contributed by atoms with E-state index in [1.165, 1.54) is 0 Å². The number of aromatic nitrogens is 12. The molecule has 6 heterocycles. The fourth-order valence-corrected chi connectivity index (χ4v) is 11.5. The monoisotopic (exact) mass is 1040 g/mol. The molecule has 0 N–H and O–H groups in total. The number of fused-ring (bicyclic) bond motifs is 9. The second kappa shape index (κ2) is 18.8. The van der Waals surface area contributed by atoms with Crippen LogP contribution in [-0.4, -0.2) is 58.6 Å². The van der Waals surface area contributed by atoms with Crippen LogP contribution in [0.3, 0.4) is 0 Å². The van der Waals surface area contributed by atoms with E-state index in [4.69, 9.17) is 44.9 Å². The summed E-state index contributed by atoms with van der Waals surface area (Å²) in [5, 5.41) is 6.02. The lowest BCUT2D eigenvalue weighted by Gasteiger charge is -2.15. The minimum atomic E-state index is -0.0232. The number of nitrogens with zero attached hydrogens (tertiary/aromatic N) is 12. The van der Waals surface area contributed by atoms with E-state index in [9.17, 15) is 0 Å². The molecule has 0 radical (unpaired) electrons. The molecule has 0 spiro atoms. The molecule has 1 atom stereocenters. The van der Waals surface area contributed by atoms with E-state index in [0.29, 0.717) is 52.8 Å². The van der Waals surface area contributed by atoms with Gasteiger partial charge in [0.1, 0.15) is 5.82 Å². The Morgan fingerprint density at radius 1 is 0.272 bits per heavy atom. The SMILES string of the molecule is C1=CCC(c2nc(-c3ccccc3)nc(-n3c4ccccc4c4cc5c(cc43)c3cc4c(cc3n5-c3nc(-c5ccccc5)nc(-c5ccccc5)n3)c3ccccc3n4-c3nc(-c4ccccc4)nc(-c4ccccc4)n3)n2)C=C1. The molecule has 1 aliphatic carbocycles. The van der Waals surface area contributed by atoms with Crippen LogP contribution in [0.5, 0.6) is 0 Å². The second-order valence-corrected chi connectivity index (χ2v) is 20.2. The van der Waals surface area contributed by atoms with E-state index in [0.717, 1.165) is 99.7 Å². The lowest BCUT2D eigenvalue weighted by atomic mass is 10.00. The van der Waals surface area contributed by atoms with Crippen LogP contribution >= 0.6 is 0 Å². The van der Waals surface area contributed by atoms with E-state index >= 15 is 0 Å². The molecular weight excluding hydrogens is 997 g/mol. The second-order valence-electron chi connectivity index (χ2n) is 20.2. The minimum Gasteiger partial charge on any atom is -0.278 e. The van der Waals surface area contributed by atoms with Crippen LogP contribution < -0.4 is 0 Å². The summed E-state index contributed by atoms with van der Waals surface area (Å²) in [6.45, 7) is 0. The van der Waals surface area contributed by atoms with Crippen LogP contribution in [0.2, 0.25) is 0 Å². The van der Waals surface area contributed by atoms with Gasteiger partial charge in [-0.1, -0.05) is 212 Å². The molecule has 0 aliphatic heterocycles. The quantitative estimate of drug-likeness (QED) is 0.139. The summed E-state index contributed by atoms with van der Waals surface area (Å²) in [5.41, 5.74) is 10.0. The Kier molecular flexibility index (Phi) is 10.7. The van der Waals surface area contributed by atoms with Crippen LogP contribution in [0.25, 0.3) is 140 Å². The van der Waals surface area contributed by atoms with Gasteiger partial charge in [-0.3, -0.25) is 13.7 Å². The average Bonchev–Trinajstić information content (AvgIpc) is 3.82. The summed E-state index contributed by atoms with van der Waals surface area (Å²) >= 11 is 0. The van der Waals surface area contributed by atoms with Crippen molar-refractivity contribution in [3.05, 3.63) is 255 Å². The van der Waals surface area contributed by atoms with Crippen LogP contribution in [0.1, 0.15) is 18.2 Å². The van der Waals surface area contributed by atoms with Gasteiger partial charge in [0.05, 0.1) is 33.1 Å². The Bertz CT molecular complexity index is 4900. The highest BCUT2D eigenvalue weighted by Gasteiger charge is 2.26. The van der Waals surface area contributed by atoms with Gasteiger partial charge in [-0.25, -0.2) is 15.0 Å². The smallest absolute Gasteiger partial charge is 0.238 e. The number of benzene rings is 9. The maximum absolute atomic E-state index is 5.40. The van der Waals surface area contributed by atoms with Crippen LogP contribution in [0.4, 0.5) is 0 Å². The average molecular weight is 1040 g/mol. The van der Waals surface area contributed by atoms with Crippen molar-refractivity contribution in [3.63, 3.8) is 0 Å². The van der Waals surface area contributed by atoms with Crippen molar-refractivity contribution in [2.24, 2.45) is 0 Å². The fourth-order valence-electron chi connectivity index (χ4n) is 11.5. The van der Waals surface area contributed by atoms with Gasteiger partial charge in [0.2, 0.25) is 17.8 Å². The van der Waals surface area contributed by atoms with Gasteiger partial charge in [0.25, 0.3) is 0 Å². The molecule has 380 valence electrons. The molecule has 0 saturated carbocycles. The largest absolute Gasteiger partial charge is 0.278 e. The summed E-state index contributed by atoms with van der Waals surface area (Å²) in [6.07, 6.45) is 9.28. The first-order chi connectivity index (χ1) is 40.1. The number of rotatable bonds is 9. The van der Waals surface area contributed by atoms with E-state index in [-0.39, 0.29) is 5.92 Å². The molecule has 81 heavy (non-hydrogen) atoms. The molecular formula is C69H44N12. The van der Waals surface area contributed by atoms with Gasteiger partial charge in [-0.05, 0) is 42.8 Å². The number of hydrogen-bond acceptors (Lipinski definition) is 9. The molecule has 0 saturated heterocycles. The lowest BCUT2D eigenvalue weighted by Crippen LogP contribution is -2.11. The fraction of sp³-hybridized carbons (Fsp3) is 0.0290. The summed E-state index contributed by atoms with van der Waals surface area (Å²) in [7, 11) is 0. The van der Waals surface area contributed by atoms with Gasteiger partial charge in [-0.2, -0.15) is 29.9 Å². The summed E-state index contributed by atoms with van der Waals surface area (Å²) in [6, 6.07) is 76.7. The lowest BCUT2D eigenvalue weighted by molar-refractivity contribution is 0.750. The standard InChI is InChI=1S/C69H44N12/c1-7-23-43(24-8-1)61-70-62(44-25-9-2-10-26-44)74-67(73-61)79-55-37-21-19-35-49(55)51-39-59-53(41-57(51)79)54-42-58-52(40-60(54)81(59)69-77-65(47-31-15-5-16-32-47)72-66(78-69)48-33-17-6-18-34-48)50-36-20-22-38-56(50)80(58)68-75-63(45-27-11-3-12-28-45)71-64(76-68)46-29-13-4-14-30-46/h1-29,31-42,46H,30H2. The third-order valence-electron chi connectivity index (χ3n) is 15.3. The molecule has 12 heteroatoms. The third kappa shape index (κ3) is 7.79. The molecule has 16 rings (SSSR count). The Labute approximate surface area is 463 Å². The van der Waals surface area contributed by atoms with Crippen molar-refractivity contribution < 1.29 is 0 Å². The zero-order chi connectivity index (χ0) is 53.4. The van der Waals surface area contributed by atoms with Crippen LogP contribution in [0.15, 0.2) is 249 Å². The van der Waals surface area contributed by atoms with Gasteiger partial charge in [0.15, 0.2) is 29.1 Å². The molecule has 12 nitrogen and oxygen atoms in total. The third-order valence-corrected chi connectivity index (χ3v) is 15.3. The molecule has 0 fully saturated rings. The Balaban J connectivity index is 1.03. The van der Waals surface area contributed by atoms with Crippen LogP contribution in [-0.2, 0) is 0 Å². The molecule has 1 aliphatic rings. The Hall–Kier alpha value is -11.1. The number of para-hydroxylation sites is 2. The first kappa shape index (κ1) is 46.0. The predicted molar refractivity (Wildman–Crippen MR) is 322 cm³/mol. The zero-order valence-electron chi connectivity index (χ0n) is 43.3. The predicted octanol–water partition coefficient (Wildman–Crippen LogP) is 15.5. The number of allylic oxidation sites excluding steroid dienone is 4. The van der Waals surface area contributed by atoms with Crippen molar-refractivity contribution in [2.75, 3.05) is 0 Å². The summed E-state index contributed by atoms with van der Waals surface area (Å²) < 4.78 is 6.59. The summed E-state index contributed by atoms with van der Waals surface area (Å²) in [5.74, 6) is 5.09. The normalized spacial score (nSPS) is 13.4. The van der Waals surface area contributed by atoms with E-state index < -0.39 is 0 Å². The molecule has 1 unspecified atom stereocenters. The van der Waals surface area contributed by atoms with Crippen molar-refractivity contribution in [3.8, 4) is 74.8 Å². The van der Waals surface area contributed by atoms with Gasteiger partial charge < -0.3 is 0 Å². The highest BCUT2D eigenvalue weighted by Crippen LogP contribution is 2.43. The van der Waals surface area contributed by atoms with Gasteiger partial charge in [0, 0.05) is 66.1 Å². The Morgan fingerprint density at radius 2 is 0.580 bits per heavy atom. The topological polar surface area (TPSA) is 131 Å². The van der Waals surface area contributed by atoms with E-state index in [1.807, 2.05) is 140 Å². The van der Waals surface area contributed by atoms with Crippen LogP contribution in [0, 0.1) is 0 Å². The van der Waals surface area contributed by atoms with Crippen molar-refractivity contribution in [1.82, 2.24) is 58.6 Å². The number of hydrogen-bond donors (Lipinski definition) is 0. The first-order valence-electron chi connectivity index (χ1n) is 27.0. The van der Waals surface area contributed by atoms with Crippen molar-refractivity contribution in [2.45, 2.75) is 12.3 Å². The van der Waals surface area contributed by atoms with Gasteiger partial charge in [-0.15, -0.1) is 0 Å². The molecule has 9 aromatic carbocycles. The highest BCUT2D eigenvalue weighted by molar-refractivity contribution is 6.22. The highest BCUT2D eigenvalue weighted by atomic mass is 15.2. The summed E-state index contributed by atoms with van der Waals surface area (Å²) in [4.78, 5) is 47.5.